The lowest BCUT2D eigenvalue weighted by molar-refractivity contribution is -0.156. The summed E-state index contributed by atoms with van der Waals surface area (Å²) in [6, 6.07) is 4.99. The van der Waals surface area contributed by atoms with Crippen LogP contribution in [0.5, 0.6) is 5.75 Å². The van der Waals surface area contributed by atoms with Crippen molar-refractivity contribution in [2.75, 3.05) is 13.7 Å². The van der Waals surface area contributed by atoms with Crippen LogP contribution >= 0.6 is 11.6 Å². The molecule has 0 spiro atoms. The van der Waals surface area contributed by atoms with E-state index < -0.39 is 24.0 Å². The number of hydrogen-bond donors (Lipinski definition) is 3. The van der Waals surface area contributed by atoms with E-state index in [2.05, 4.69) is 5.32 Å². The minimum atomic E-state index is -2.01. The van der Waals surface area contributed by atoms with Gasteiger partial charge in [0.05, 0.1) is 20.1 Å². The largest absolute Gasteiger partial charge is 0.496 e. The van der Waals surface area contributed by atoms with E-state index in [1.54, 1.807) is 18.2 Å². The molecule has 0 aromatic heterocycles. The molecule has 1 amide bonds. The van der Waals surface area contributed by atoms with Gasteiger partial charge in [0.15, 0.2) is 5.60 Å². The fourth-order valence-electron chi connectivity index (χ4n) is 1.47. The molecule has 1 aromatic rings. The van der Waals surface area contributed by atoms with Gasteiger partial charge in [0.2, 0.25) is 5.91 Å². The molecule has 0 saturated carbocycles. The second-order valence-electron chi connectivity index (χ2n) is 4.45. The van der Waals surface area contributed by atoms with E-state index in [0.29, 0.717) is 16.3 Å². The predicted octanol–water partition coefficient (Wildman–Crippen LogP) is 0.843. The van der Waals surface area contributed by atoms with E-state index >= 15 is 0 Å². The topological polar surface area (TPSA) is 95.9 Å². The van der Waals surface area contributed by atoms with Crippen LogP contribution in [-0.2, 0) is 16.0 Å². The van der Waals surface area contributed by atoms with Crippen molar-refractivity contribution in [1.82, 2.24) is 5.32 Å². The highest BCUT2D eigenvalue weighted by molar-refractivity contribution is 6.31. The molecular formula is C13H16ClNO5. The third-order valence-corrected chi connectivity index (χ3v) is 3.08. The first-order chi connectivity index (χ1) is 9.27. The lowest BCUT2D eigenvalue weighted by Gasteiger charge is -2.18. The number of aliphatic carboxylic acids is 1. The van der Waals surface area contributed by atoms with Crippen molar-refractivity contribution in [3.05, 3.63) is 28.8 Å². The van der Waals surface area contributed by atoms with Crippen LogP contribution in [-0.4, -0.2) is 41.3 Å². The molecule has 0 heterocycles. The van der Waals surface area contributed by atoms with Crippen LogP contribution in [0.2, 0.25) is 5.02 Å². The van der Waals surface area contributed by atoms with Gasteiger partial charge < -0.3 is 20.3 Å². The standard InChI is InChI=1S/C13H16ClNO5/c1-13(19,12(17)18)7-15-11(16)6-8-9(14)4-3-5-10(8)20-2/h3-5,19H,6-7H2,1-2H3,(H,15,16)(H,17,18). The summed E-state index contributed by atoms with van der Waals surface area (Å²) in [5.41, 5.74) is -1.51. The van der Waals surface area contributed by atoms with Gasteiger partial charge in [-0.1, -0.05) is 17.7 Å². The number of aliphatic hydroxyl groups is 1. The number of rotatable bonds is 6. The Bertz CT molecular complexity index is 515. The number of carbonyl (C=O) groups is 2. The zero-order chi connectivity index (χ0) is 15.3. The Morgan fingerprint density at radius 1 is 1.45 bits per heavy atom. The highest BCUT2D eigenvalue weighted by Gasteiger charge is 2.30. The van der Waals surface area contributed by atoms with Crippen molar-refractivity contribution in [1.29, 1.82) is 0 Å². The Labute approximate surface area is 121 Å². The van der Waals surface area contributed by atoms with Gasteiger partial charge in [-0.3, -0.25) is 4.79 Å². The molecule has 7 heteroatoms. The van der Waals surface area contributed by atoms with Crippen LogP contribution in [0.3, 0.4) is 0 Å². The molecule has 0 bridgehead atoms. The minimum absolute atomic E-state index is 0.0709. The van der Waals surface area contributed by atoms with Gasteiger partial charge in [-0.15, -0.1) is 0 Å². The van der Waals surface area contributed by atoms with Gasteiger partial charge in [0.25, 0.3) is 0 Å². The molecule has 20 heavy (non-hydrogen) atoms. The molecule has 110 valence electrons. The third-order valence-electron chi connectivity index (χ3n) is 2.72. The molecule has 0 radical (unpaired) electrons. The van der Waals surface area contributed by atoms with E-state index in [-0.39, 0.29) is 6.42 Å². The van der Waals surface area contributed by atoms with Gasteiger partial charge in [-0.2, -0.15) is 0 Å². The summed E-state index contributed by atoms with van der Waals surface area (Å²) in [6.45, 7) is 0.708. The van der Waals surface area contributed by atoms with Crippen molar-refractivity contribution < 1.29 is 24.5 Å². The van der Waals surface area contributed by atoms with Crippen molar-refractivity contribution in [2.45, 2.75) is 18.9 Å². The zero-order valence-electron chi connectivity index (χ0n) is 11.1. The molecule has 6 nitrogen and oxygen atoms in total. The number of hydrogen-bond acceptors (Lipinski definition) is 4. The SMILES string of the molecule is COc1cccc(Cl)c1CC(=O)NCC(C)(O)C(=O)O. The van der Waals surface area contributed by atoms with Gasteiger partial charge in [-0.25, -0.2) is 4.79 Å². The summed E-state index contributed by atoms with van der Waals surface area (Å²) < 4.78 is 5.10. The van der Waals surface area contributed by atoms with Gasteiger partial charge in [0, 0.05) is 10.6 Å². The monoisotopic (exact) mass is 301 g/mol. The van der Waals surface area contributed by atoms with Crippen molar-refractivity contribution in [3.8, 4) is 5.75 Å². The Morgan fingerprint density at radius 3 is 2.65 bits per heavy atom. The highest BCUT2D eigenvalue weighted by atomic mass is 35.5. The van der Waals surface area contributed by atoms with E-state index in [9.17, 15) is 14.7 Å². The minimum Gasteiger partial charge on any atom is -0.496 e. The summed E-state index contributed by atoms with van der Waals surface area (Å²) in [6.07, 6.45) is -0.0709. The second kappa shape index (κ2) is 6.58. The lowest BCUT2D eigenvalue weighted by atomic mass is 10.1. The molecule has 0 aliphatic rings. The van der Waals surface area contributed by atoms with E-state index in [4.69, 9.17) is 21.4 Å². The Morgan fingerprint density at radius 2 is 2.10 bits per heavy atom. The summed E-state index contributed by atoms with van der Waals surface area (Å²) in [5.74, 6) is -1.40. The molecule has 1 atom stereocenters. The maximum Gasteiger partial charge on any atom is 0.337 e. The molecule has 1 unspecified atom stereocenters. The van der Waals surface area contributed by atoms with Gasteiger partial charge in [0.1, 0.15) is 5.75 Å². The first kappa shape index (κ1) is 16.3. The lowest BCUT2D eigenvalue weighted by Crippen LogP contribution is -2.46. The van der Waals surface area contributed by atoms with Gasteiger partial charge in [-0.05, 0) is 19.1 Å². The molecule has 1 aromatic carbocycles. The van der Waals surface area contributed by atoms with Crippen LogP contribution < -0.4 is 10.1 Å². The number of benzene rings is 1. The number of carboxylic acid groups (broad SMARTS) is 1. The quantitative estimate of drug-likeness (QED) is 0.724. The third kappa shape index (κ3) is 4.11. The normalized spacial score (nSPS) is 13.4. The number of amides is 1. The Kier molecular flexibility index (Phi) is 5.35. The van der Waals surface area contributed by atoms with E-state index in [1.807, 2.05) is 0 Å². The average Bonchev–Trinajstić information content (AvgIpc) is 2.38. The van der Waals surface area contributed by atoms with Crippen molar-refractivity contribution in [3.63, 3.8) is 0 Å². The summed E-state index contributed by atoms with van der Waals surface area (Å²) in [4.78, 5) is 22.5. The maximum atomic E-state index is 11.8. The Hall–Kier alpha value is -1.79. The Balaban J connectivity index is 2.71. The number of methoxy groups -OCH3 is 1. The molecule has 1 rings (SSSR count). The first-order valence-corrected chi connectivity index (χ1v) is 6.19. The molecular weight excluding hydrogens is 286 g/mol. The maximum absolute atomic E-state index is 11.8. The van der Waals surface area contributed by atoms with Crippen molar-refractivity contribution in [2.24, 2.45) is 0 Å². The summed E-state index contributed by atoms with van der Waals surface area (Å²) in [7, 11) is 1.46. The average molecular weight is 302 g/mol. The first-order valence-electron chi connectivity index (χ1n) is 5.82. The molecule has 0 fully saturated rings. The number of carbonyl (C=O) groups excluding carboxylic acids is 1. The van der Waals surface area contributed by atoms with Gasteiger partial charge >= 0.3 is 5.97 Å². The van der Waals surface area contributed by atoms with Crippen molar-refractivity contribution >= 4 is 23.5 Å². The second-order valence-corrected chi connectivity index (χ2v) is 4.86. The van der Waals surface area contributed by atoms with E-state index in [1.165, 1.54) is 7.11 Å². The van der Waals surface area contributed by atoms with E-state index in [0.717, 1.165) is 6.92 Å². The van der Waals surface area contributed by atoms with Crippen LogP contribution in [0.25, 0.3) is 0 Å². The fourth-order valence-corrected chi connectivity index (χ4v) is 1.70. The predicted molar refractivity (Wildman–Crippen MR) is 73.0 cm³/mol. The fraction of sp³-hybridized carbons (Fsp3) is 0.385. The molecule has 3 N–H and O–H groups in total. The smallest absolute Gasteiger partial charge is 0.337 e. The number of halogens is 1. The highest BCUT2D eigenvalue weighted by Crippen LogP contribution is 2.26. The van der Waals surface area contributed by atoms with Crippen LogP contribution in [0.15, 0.2) is 18.2 Å². The number of carboxylic acids is 1. The van der Waals surface area contributed by atoms with Crippen LogP contribution in [0.4, 0.5) is 0 Å². The number of ether oxygens (including phenoxy) is 1. The summed E-state index contributed by atoms with van der Waals surface area (Å²) >= 11 is 5.99. The summed E-state index contributed by atoms with van der Waals surface area (Å²) in [5, 5.41) is 21.0. The molecule has 0 saturated heterocycles. The van der Waals surface area contributed by atoms with Crippen LogP contribution in [0.1, 0.15) is 12.5 Å². The molecule has 0 aliphatic carbocycles. The number of nitrogens with one attached hydrogen (secondary N) is 1. The van der Waals surface area contributed by atoms with Crippen LogP contribution in [0, 0.1) is 0 Å². The molecule has 0 aliphatic heterocycles. The zero-order valence-corrected chi connectivity index (χ0v) is 11.9.